The molecule has 31 heavy (non-hydrogen) atoms. The van der Waals surface area contributed by atoms with Crippen molar-refractivity contribution in [2.24, 2.45) is 15.7 Å². The molecule has 0 radical (unpaired) electrons. The van der Waals surface area contributed by atoms with E-state index in [9.17, 15) is 0 Å². The molecule has 0 saturated heterocycles. The first-order valence-electron chi connectivity index (χ1n) is 10.8. The molecule has 0 aromatic carbocycles. The molecule has 0 N–H and O–H groups in total. The van der Waals surface area contributed by atoms with Crippen LogP contribution < -0.4 is 0 Å². The van der Waals surface area contributed by atoms with Gasteiger partial charge < -0.3 is 9.68 Å². The maximum Gasteiger partial charge on any atom is 0.222 e. The monoisotopic (exact) mass is 441 g/mol. The Morgan fingerprint density at radius 3 is 2.19 bits per heavy atom. The van der Waals surface area contributed by atoms with Crippen molar-refractivity contribution in [3.05, 3.63) is 51.8 Å². The van der Waals surface area contributed by atoms with Gasteiger partial charge in [0.25, 0.3) is 0 Å². The van der Waals surface area contributed by atoms with Crippen LogP contribution in [0, 0.1) is 12.3 Å². The summed E-state index contributed by atoms with van der Waals surface area (Å²) in [7, 11) is 0. The van der Waals surface area contributed by atoms with Crippen molar-refractivity contribution >= 4 is 23.0 Å². The van der Waals surface area contributed by atoms with Crippen LogP contribution in [0.1, 0.15) is 67.7 Å². The van der Waals surface area contributed by atoms with E-state index in [0.717, 1.165) is 72.6 Å². The first-order valence-corrected chi connectivity index (χ1v) is 11.2. The van der Waals surface area contributed by atoms with Gasteiger partial charge in [-0.2, -0.15) is 0 Å². The van der Waals surface area contributed by atoms with Crippen LogP contribution in [0.4, 0.5) is 0 Å². The maximum absolute atomic E-state index is 5.96. The molecule has 0 fully saturated rings. The van der Waals surface area contributed by atoms with E-state index in [1.54, 1.807) is 6.20 Å². The molecule has 2 aliphatic rings. The van der Waals surface area contributed by atoms with E-state index in [0.29, 0.717) is 13.2 Å². The molecule has 0 atom stereocenters. The van der Waals surface area contributed by atoms with Gasteiger partial charge in [0.15, 0.2) is 0 Å². The van der Waals surface area contributed by atoms with Gasteiger partial charge in [-0.3, -0.25) is 4.98 Å². The van der Waals surface area contributed by atoms with Crippen molar-refractivity contribution < 1.29 is 9.68 Å². The second-order valence-corrected chi connectivity index (χ2v) is 9.31. The zero-order chi connectivity index (χ0) is 21.8. The lowest BCUT2D eigenvalue weighted by Gasteiger charge is -2.23. The predicted molar refractivity (Wildman–Crippen MR) is 121 cm³/mol. The number of hydrogen-bond acceptors (Lipinski definition) is 7. The summed E-state index contributed by atoms with van der Waals surface area (Å²) in [5.41, 5.74) is 6.57. The molecular formula is C23H28ClN5O2. The quantitative estimate of drug-likeness (QED) is 0.480. The Morgan fingerprint density at radius 1 is 0.903 bits per heavy atom. The summed E-state index contributed by atoms with van der Waals surface area (Å²) in [5, 5.41) is 9.01. The number of fused-ring (bicyclic) bond motifs is 2. The Morgan fingerprint density at radius 2 is 1.52 bits per heavy atom. The number of halogens is 1. The number of oxime groups is 2. The van der Waals surface area contributed by atoms with Gasteiger partial charge in [-0.1, -0.05) is 30.2 Å². The normalized spacial score (nSPS) is 18.6. The third kappa shape index (κ3) is 5.39. The highest BCUT2D eigenvalue weighted by atomic mass is 35.5. The molecule has 0 bridgehead atoms. The Labute approximate surface area is 187 Å². The molecular weight excluding hydrogens is 414 g/mol. The van der Waals surface area contributed by atoms with Crippen LogP contribution in [0.15, 0.2) is 28.6 Å². The summed E-state index contributed by atoms with van der Waals surface area (Å²) in [6.45, 7) is 6.97. The molecule has 8 heteroatoms. The van der Waals surface area contributed by atoms with Crippen molar-refractivity contribution in [2.45, 2.75) is 59.3 Å². The van der Waals surface area contributed by atoms with Crippen LogP contribution in [0.5, 0.6) is 0 Å². The van der Waals surface area contributed by atoms with Gasteiger partial charge in [0.05, 0.1) is 11.4 Å². The molecule has 7 nitrogen and oxygen atoms in total. The number of aryl methyl sites for hydroxylation is 3. The third-order valence-corrected chi connectivity index (χ3v) is 5.66. The predicted octanol–water partition coefficient (Wildman–Crippen LogP) is 4.67. The minimum atomic E-state index is -0.257. The molecule has 164 valence electrons. The Bertz CT molecular complexity index is 940. The number of nitrogens with zero attached hydrogens (tertiary/aromatic N) is 5. The SMILES string of the molecule is Cc1ccc2c(n1)C(=NOCC(C)(C)CON=C1CCCc3cnc(Cl)nc31)CCC2. The van der Waals surface area contributed by atoms with Crippen molar-refractivity contribution in [2.75, 3.05) is 13.2 Å². The maximum atomic E-state index is 5.96. The fraction of sp³-hybridized carbons (Fsp3) is 0.522. The van der Waals surface area contributed by atoms with Crippen LogP contribution in [0.2, 0.25) is 5.28 Å². The molecule has 0 aliphatic heterocycles. The third-order valence-electron chi connectivity index (χ3n) is 5.48. The average molecular weight is 442 g/mol. The van der Waals surface area contributed by atoms with Crippen LogP contribution in [-0.2, 0) is 22.5 Å². The fourth-order valence-corrected chi connectivity index (χ4v) is 3.91. The van der Waals surface area contributed by atoms with Gasteiger partial charge in [-0.15, -0.1) is 0 Å². The van der Waals surface area contributed by atoms with Crippen molar-refractivity contribution in [3.63, 3.8) is 0 Å². The minimum absolute atomic E-state index is 0.232. The summed E-state index contributed by atoms with van der Waals surface area (Å²) in [5.74, 6) is 0. The highest BCUT2D eigenvalue weighted by Gasteiger charge is 2.23. The topological polar surface area (TPSA) is 81.9 Å². The molecule has 0 spiro atoms. The molecule has 2 aromatic heterocycles. The van der Waals surface area contributed by atoms with E-state index < -0.39 is 0 Å². The Balaban J connectivity index is 1.35. The summed E-state index contributed by atoms with van der Waals surface area (Å²) in [6, 6.07) is 4.19. The summed E-state index contributed by atoms with van der Waals surface area (Å²) in [6.07, 6.45) is 7.52. The van der Waals surface area contributed by atoms with Crippen LogP contribution in [-0.4, -0.2) is 39.6 Å². The Kier molecular flexibility index (Phi) is 6.51. The highest BCUT2D eigenvalue weighted by molar-refractivity contribution is 6.28. The largest absolute Gasteiger partial charge is 0.395 e. The van der Waals surface area contributed by atoms with E-state index in [1.165, 1.54) is 5.56 Å². The van der Waals surface area contributed by atoms with Crippen LogP contribution in [0.3, 0.4) is 0 Å². The first kappa shape index (κ1) is 21.7. The van der Waals surface area contributed by atoms with E-state index >= 15 is 0 Å². The summed E-state index contributed by atoms with van der Waals surface area (Å²) in [4.78, 5) is 24.5. The van der Waals surface area contributed by atoms with Crippen molar-refractivity contribution in [1.82, 2.24) is 15.0 Å². The molecule has 2 aliphatic carbocycles. The number of pyridine rings is 1. The van der Waals surface area contributed by atoms with Crippen molar-refractivity contribution in [1.29, 1.82) is 0 Å². The van der Waals surface area contributed by atoms with Gasteiger partial charge in [0, 0.05) is 17.3 Å². The summed E-state index contributed by atoms with van der Waals surface area (Å²) >= 11 is 5.96. The number of aromatic nitrogens is 3. The van der Waals surface area contributed by atoms with Crippen LogP contribution >= 0.6 is 11.6 Å². The lowest BCUT2D eigenvalue weighted by atomic mass is 9.94. The molecule has 0 saturated carbocycles. The molecule has 4 rings (SSSR count). The lowest BCUT2D eigenvalue weighted by molar-refractivity contribution is -0.000312. The van der Waals surface area contributed by atoms with E-state index in [4.69, 9.17) is 21.3 Å². The second-order valence-electron chi connectivity index (χ2n) is 8.97. The minimum Gasteiger partial charge on any atom is -0.395 e. The zero-order valence-electron chi connectivity index (χ0n) is 18.3. The van der Waals surface area contributed by atoms with Gasteiger partial charge in [0.1, 0.15) is 24.6 Å². The van der Waals surface area contributed by atoms with Gasteiger partial charge >= 0.3 is 0 Å². The van der Waals surface area contributed by atoms with Gasteiger partial charge in [0.2, 0.25) is 5.28 Å². The van der Waals surface area contributed by atoms with Crippen LogP contribution in [0.25, 0.3) is 0 Å². The lowest BCUT2D eigenvalue weighted by Crippen LogP contribution is -2.25. The van der Waals surface area contributed by atoms with E-state index in [1.807, 2.05) is 6.92 Å². The molecule has 2 heterocycles. The fourth-order valence-electron chi connectivity index (χ4n) is 3.77. The molecule has 0 unspecified atom stereocenters. The van der Waals surface area contributed by atoms with Crippen molar-refractivity contribution in [3.8, 4) is 0 Å². The molecule has 0 amide bonds. The van der Waals surface area contributed by atoms with E-state index in [2.05, 4.69) is 51.2 Å². The average Bonchev–Trinajstić information content (AvgIpc) is 2.74. The van der Waals surface area contributed by atoms with Gasteiger partial charge in [-0.05, 0) is 74.2 Å². The summed E-state index contributed by atoms with van der Waals surface area (Å²) < 4.78 is 0. The Hall–Kier alpha value is -2.54. The second kappa shape index (κ2) is 9.30. The molecule has 2 aromatic rings. The zero-order valence-corrected chi connectivity index (χ0v) is 19.1. The smallest absolute Gasteiger partial charge is 0.222 e. The highest BCUT2D eigenvalue weighted by Crippen LogP contribution is 2.23. The first-order chi connectivity index (χ1) is 14.9. The van der Waals surface area contributed by atoms with E-state index in [-0.39, 0.29) is 10.7 Å². The number of rotatable bonds is 6. The standard InChI is InChI=1S/C23H28ClN5O2/c1-15-10-11-16-6-4-8-18(20(16)26-15)28-30-13-23(2,3)14-31-29-19-9-5-7-17-12-25-22(24)27-21(17)19/h10-12H,4-9,13-14H2,1-3H3. The van der Waals surface area contributed by atoms with Gasteiger partial charge in [-0.25, -0.2) is 9.97 Å². The number of hydrogen-bond donors (Lipinski definition) is 0.